The number of halogens is 2. The van der Waals surface area contributed by atoms with E-state index in [9.17, 15) is 4.79 Å². The largest absolute Gasteiger partial charge is 1.00 e. The van der Waals surface area contributed by atoms with Crippen LogP contribution in [0, 0.1) is 0 Å². The number of hydrogen-bond acceptors (Lipinski definition) is 2. The third-order valence-corrected chi connectivity index (χ3v) is 3.20. The van der Waals surface area contributed by atoms with Gasteiger partial charge in [-0.3, -0.25) is 0 Å². The lowest BCUT2D eigenvalue weighted by Gasteiger charge is -2.29. The molecule has 0 amide bonds. The fraction of sp³-hybridized carbons (Fsp3) is 0.400. The van der Waals surface area contributed by atoms with Crippen LogP contribution in [-0.4, -0.2) is 37.7 Å². The average molecular weight is 318 g/mol. The van der Waals surface area contributed by atoms with Crippen molar-refractivity contribution in [2.45, 2.75) is 13.5 Å². The predicted octanol–water partition coefficient (Wildman–Crippen LogP) is 0.0397. The van der Waals surface area contributed by atoms with Crippen molar-refractivity contribution < 1.29 is 26.4 Å². The average Bonchev–Trinajstić information content (AvgIpc) is 2.31. The zero-order chi connectivity index (χ0) is 14.5. The third-order valence-electron chi connectivity index (χ3n) is 2.83. The quantitative estimate of drug-likeness (QED) is 0.421. The number of likely N-dealkylation sites (N-methyl/N-ethyl adjacent to an activating group) is 1. The summed E-state index contributed by atoms with van der Waals surface area (Å²) in [6.07, 6.45) is 0. The highest BCUT2D eigenvalue weighted by molar-refractivity contribution is 6.31. The summed E-state index contributed by atoms with van der Waals surface area (Å²) in [5, 5.41) is 0.771. The lowest BCUT2D eigenvalue weighted by Crippen LogP contribution is -3.00. The van der Waals surface area contributed by atoms with E-state index in [1.54, 1.807) is 6.92 Å². The van der Waals surface area contributed by atoms with Crippen LogP contribution >= 0.6 is 11.6 Å². The van der Waals surface area contributed by atoms with Crippen molar-refractivity contribution in [2.75, 3.05) is 27.2 Å². The highest BCUT2D eigenvalue weighted by Crippen LogP contribution is 2.18. The molecule has 20 heavy (non-hydrogen) atoms. The number of ether oxygens (including phenoxy) is 1. The van der Waals surface area contributed by atoms with Crippen LogP contribution in [0.25, 0.3) is 0 Å². The first-order valence-electron chi connectivity index (χ1n) is 6.20. The van der Waals surface area contributed by atoms with Gasteiger partial charge in [0.1, 0.15) is 19.7 Å². The van der Waals surface area contributed by atoms with Crippen molar-refractivity contribution in [1.82, 2.24) is 0 Å². The molecule has 0 aliphatic rings. The van der Waals surface area contributed by atoms with E-state index in [1.165, 1.54) is 0 Å². The molecule has 0 aliphatic carbocycles. The Morgan fingerprint density at radius 2 is 1.95 bits per heavy atom. The molecule has 0 fully saturated rings. The van der Waals surface area contributed by atoms with E-state index in [1.807, 2.05) is 24.3 Å². The van der Waals surface area contributed by atoms with Crippen molar-refractivity contribution in [3.63, 3.8) is 0 Å². The van der Waals surface area contributed by atoms with Crippen LogP contribution in [0.5, 0.6) is 0 Å². The maximum Gasteiger partial charge on any atom is 0.333 e. The second-order valence-corrected chi connectivity index (χ2v) is 5.73. The number of rotatable bonds is 6. The van der Waals surface area contributed by atoms with Crippen LogP contribution in [0.3, 0.4) is 0 Å². The summed E-state index contributed by atoms with van der Waals surface area (Å²) in [5.41, 5.74) is 1.52. The first-order chi connectivity index (χ1) is 8.82. The molecule has 112 valence electrons. The maximum absolute atomic E-state index is 11.3. The molecule has 0 saturated heterocycles. The molecule has 3 nitrogen and oxygen atoms in total. The Balaban J connectivity index is 0.00000361. The first kappa shape index (κ1) is 19.0. The van der Waals surface area contributed by atoms with Gasteiger partial charge in [0.05, 0.1) is 14.1 Å². The van der Waals surface area contributed by atoms with Crippen molar-refractivity contribution in [2.24, 2.45) is 0 Å². The Morgan fingerprint density at radius 1 is 1.35 bits per heavy atom. The van der Waals surface area contributed by atoms with Gasteiger partial charge in [0.2, 0.25) is 0 Å². The van der Waals surface area contributed by atoms with Crippen molar-refractivity contribution >= 4 is 17.6 Å². The second-order valence-electron chi connectivity index (χ2n) is 5.33. The van der Waals surface area contributed by atoms with Crippen molar-refractivity contribution in [3.8, 4) is 0 Å². The van der Waals surface area contributed by atoms with Crippen LogP contribution in [0.15, 0.2) is 36.4 Å². The van der Waals surface area contributed by atoms with E-state index in [-0.39, 0.29) is 18.4 Å². The fourth-order valence-corrected chi connectivity index (χ4v) is 1.87. The number of quaternary nitrogens is 1. The van der Waals surface area contributed by atoms with Gasteiger partial charge in [0, 0.05) is 16.2 Å². The van der Waals surface area contributed by atoms with Gasteiger partial charge < -0.3 is 21.6 Å². The fourth-order valence-electron chi connectivity index (χ4n) is 1.68. The smallest absolute Gasteiger partial charge is 0.333 e. The predicted molar refractivity (Wildman–Crippen MR) is 77.9 cm³/mol. The molecule has 0 atom stereocenters. The van der Waals surface area contributed by atoms with E-state index < -0.39 is 0 Å². The summed E-state index contributed by atoms with van der Waals surface area (Å²) in [4.78, 5) is 11.3. The van der Waals surface area contributed by atoms with E-state index in [0.717, 1.165) is 23.7 Å². The summed E-state index contributed by atoms with van der Waals surface area (Å²) < 4.78 is 5.82. The van der Waals surface area contributed by atoms with Gasteiger partial charge in [-0.15, -0.1) is 0 Å². The SMILES string of the molecule is C=C(C)C(=O)OCC[N+](C)(C)Cc1ccccc1Cl.[Cl-]. The molecule has 1 rings (SSSR count). The van der Waals surface area contributed by atoms with Gasteiger partial charge >= 0.3 is 5.97 Å². The minimum Gasteiger partial charge on any atom is -1.00 e. The molecule has 1 aromatic rings. The summed E-state index contributed by atoms with van der Waals surface area (Å²) >= 11 is 6.15. The standard InChI is InChI=1S/C15H21ClNO2.ClH/c1-12(2)15(18)19-10-9-17(3,4)11-13-7-5-6-8-14(13)16;/h5-8H,1,9-11H2,2-4H3;1H/q+1;/p-1. The summed E-state index contributed by atoms with van der Waals surface area (Å²) in [6, 6.07) is 7.79. The Kier molecular flexibility index (Phi) is 7.87. The zero-order valence-electron chi connectivity index (χ0n) is 12.2. The van der Waals surface area contributed by atoms with Crippen LogP contribution in [0.2, 0.25) is 5.02 Å². The van der Waals surface area contributed by atoms with Crippen LogP contribution in [0.4, 0.5) is 0 Å². The van der Waals surface area contributed by atoms with Crippen molar-refractivity contribution in [1.29, 1.82) is 0 Å². The second kappa shape index (κ2) is 8.30. The molecular formula is C15H21Cl2NO2. The van der Waals surface area contributed by atoms with Gasteiger partial charge in [-0.05, 0) is 13.0 Å². The van der Waals surface area contributed by atoms with E-state index in [2.05, 4.69) is 20.7 Å². The van der Waals surface area contributed by atoms with Gasteiger partial charge in [-0.2, -0.15) is 0 Å². The molecule has 0 unspecified atom stereocenters. The lowest BCUT2D eigenvalue weighted by molar-refractivity contribution is -0.903. The number of hydrogen-bond donors (Lipinski definition) is 0. The monoisotopic (exact) mass is 317 g/mol. The molecule has 0 spiro atoms. The number of carbonyl (C=O) groups excluding carboxylic acids is 1. The maximum atomic E-state index is 11.3. The van der Waals surface area contributed by atoms with Gasteiger partial charge in [-0.1, -0.05) is 36.4 Å². The van der Waals surface area contributed by atoms with E-state index in [4.69, 9.17) is 16.3 Å². The van der Waals surface area contributed by atoms with Crippen LogP contribution in [0.1, 0.15) is 12.5 Å². The van der Waals surface area contributed by atoms with Crippen LogP contribution < -0.4 is 12.4 Å². The molecule has 0 radical (unpaired) electrons. The molecule has 0 aliphatic heterocycles. The highest BCUT2D eigenvalue weighted by atomic mass is 35.5. The summed E-state index contributed by atoms with van der Waals surface area (Å²) in [5.74, 6) is -0.335. The first-order valence-corrected chi connectivity index (χ1v) is 6.58. The zero-order valence-corrected chi connectivity index (χ0v) is 13.7. The van der Waals surface area contributed by atoms with Crippen LogP contribution in [-0.2, 0) is 16.1 Å². The number of nitrogens with zero attached hydrogens (tertiary/aromatic N) is 1. The molecule has 1 aromatic carbocycles. The van der Waals surface area contributed by atoms with Gasteiger partial charge in [0.25, 0.3) is 0 Å². The third kappa shape index (κ3) is 6.42. The molecule has 0 bridgehead atoms. The lowest BCUT2D eigenvalue weighted by atomic mass is 10.2. The number of carbonyl (C=O) groups is 1. The molecular weight excluding hydrogens is 297 g/mol. The highest BCUT2D eigenvalue weighted by Gasteiger charge is 2.18. The van der Waals surface area contributed by atoms with E-state index in [0.29, 0.717) is 16.7 Å². The topological polar surface area (TPSA) is 26.3 Å². The Labute approximate surface area is 132 Å². The Morgan fingerprint density at radius 3 is 2.50 bits per heavy atom. The minimum atomic E-state index is -0.335. The molecule has 0 heterocycles. The number of esters is 1. The molecule has 0 aromatic heterocycles. The Hall–Kier alpha value is -1.03. The molecule has 0 saturated carbocycles. The minimum absolute atomic E-state index is 0. The van der Waals surface area contributed by atoms with E-state index >= 15 is 0 Å². The molecule has 0 N–H and O–H groups in total. The van der Waals surface area contributed by atoms with Gasteiger partial charge in [0.15, 0.2) is 0 Å². The van der Waals surface area contributed by atoms with Crippen molar-refractivity contribution in [3.05, 3.63) is 47.0 Å². The molecule has 5 heteroatoms. The normalized spacial score (nSPS) is 10.6. The van der Waals surface area contributed by atoms with Gasteiger partial charge in [-0.25, -0.2) is 4.79 Å². The Bertz CT molecular complexity index is 473. The summed E-state index contributed by atoms with van der Waals surface area (Å²) in [7, 11) is 4.16. The summed E-state index contributed by atoms with van der Waals surface area (Å²) in [6.45, 7) is 7.10. The number of benzene rings is 1.